The van der Waals surface area contributed by atoms with Gasteiger partial charge in [0, 0.05) is 6.42 Å². The van der Waals surface area contributed by atoms with E-state index in [2.05, 4.69) is 0 Å². The molecule has 2 aliphatic rings. The highest BCUT2D eigenvalue weighted by Gasteiger charge is 2.59. The second kappa shape index (κ2) is 10.6. The van der Waals surface area contributed by atoms with Crippen LogP contribution >= 0.6 is 0 Å². The van der Waals surface area contributed by atoms with E-state index < -0.39 is 80.6 Å². The van der Waals surface area contributed by atoms with Crippen LogP contribution in [0.3, 0.4) is 0 Å². The smallest absolute Gasteiger partial charge is 0.305 e. The molecule has 2 heterocycles. The van der Waals surface area contributed by atoms with E-state index in [1.54, 1.807) is 0 Å². The Balaban J connectivity index is 2.19. The summed E-state index contributed by atoms with van der Waals surface area (Å²) in [6.07, 6.45) is -12.3. The van der Waals surface area contributed by atoms with Gasteiger partial charge in [0.15, 0.2) is 6.29 Å². The number of esters is 1. The number of carbonyl (C=O) groups is 1. The topological polar surface area (TPSA) is 196 Å². The third kappa shape index (κ3) is 5.46. The van der Waals surface area contributed by atoms with E-state index in [1.807, 2.05) is 13.8 Å². The molecule has 7 N–H and O–H groups in total. The minimum absolute atomic E-state index is 0.0792. The zero-order chi connectivity index (χ0) is 22.6. The van der Waals surface area contributed by atoms with Gasteiger partial charge in [-0.2, -0.15) is 0 Å². The molecule has 2 fully saturated rings. The van der Waals surface area contributed by atoms with E-state index in [-0.39, 0.29) is 12.3 Å². The standard InChI is InChI=1S/C18H32O12/c1-8(2)3-4-11(21)27-7-18(16(26)13(23)10(6-20)29-18)30-17-15(25)14(24)12(22)9(5-19)28-17/h8-10,12-17,19-20,22-26H,3-7H2,1-2H3/t9-,10-,12-,13-,14+,15-,16+,17-,18+/m1/s1. The average Bonchev–Trinajstić information content (AvgIpc) is 2.96. The van der Waals surface area contributed by atoms with Gasteiger partial charge in [-0.05, 0) is 12.3 Å². The summed E-state index contributed by atoms with van der Waals surface area (Å²) in [6, 6.07) is 0. The van der Waals surface area contributed by atoms with Gasteiger partial charge in [-0.25, -0.2) is 0 Å². The SMILES string of the molecule is CC(C)CCC(=O)OC[C@@]1(O[C@H]2O[C@H](CO)[C@@H](O)[C@H](O)[C@H]2O)O[C@H](CO)[C@@H](O)[C@@H]1O. The molecule has 0 radical (unpaired) electrons. The second-order valence-electron chi connectivity index (χ2n) is 7.99. The van der Waals surface area contributed by atoms with Crippen LogP contribution < -0.4 is 0 Å². The molecule has 30 heavy (non-hydrogen) atoms. The zero-order valence-corrected chi connectivity index (χ0v) is 16.9. The van der Waals surface area contributed by atoms with Crippen LogP contribution in [0.25, 0.3) is 0 Å². The first kappa shape index (κ1) is 25.3. The van der Waals surface area contributed by atoms with Crippen molar-refractivity contribution in [2.24, 2.45) is 5.92 Å². The summed E-state index contributed by atoms with van der Waals surface area (Å²) in [7, 11) is 0. The Morgan fingerprint density at radius 1 is 0.967 bits per heavy atom. The molecule has 9 atom stereocenters. The summed E-state index contributed by atoms with van der Waals surface area (Å²) in [5.41, 5.74) is 0. The molecule has 12 nitrogen and oxygen atoms in total. The number of aliphatic hydroxyl groups is 7. The quantitative estimate of drug-likeness (QED) is 0.176. The van der Waals surface area contributed by atoms with Crippen LogP contribution in [0.15, 0.2) is 0 Å². The number of hydrogen-bond donors (Lipinski definition) is 7. The highest BCUT2D eigenvalue weighted by Crippen LogP contribution is 2.36. The average molecular weight is 440 g/mol. The van der Waals surface area contributed by atoms with Crippen molar-refractivity contribution in [3.05, 3.63) is 0 Å². The lowest BCUT2D eigenvalue weighted by molar-refractivity contribution is -0.383. The van der Waals surface area contributed by atoms with Crippen molar-refractivity contribution in [3.63, 3.8) is 0 Å². The van der Waals surface area contributed by atoms with E-state index in [0.717, 1.165) is 0 Å². The van der Waals surface area contributed by atoms with Crippen molar-refractivity contribution >= 4 is 5.97 Å². The maximum absolute atomic E-state index is 12.0. The summed E-state index contributed by atoms with van der Waals surface area (Å²) < 4.78 is 21.3. The first-order valence-electron chi connectivity index (χ1n) is 9.85. The second-order valence-corrected chi connectivity index (χ2v) is 7.99. The molecule has 176 valence electrons. The van der Waals surface area contributed by atoms with Gasteiger partial charge in [0.05, 0.1) is 13.2 Å². The van der Waals surface area contributed by atoms with E-state index in [0.29, 0.717) is 6.42 Å². The van der Waals surface area contributed by atoms with Crippen LogP contribution in [-0.4, -0.2) is 116 Å². The third-order valence-corrected chi connectivity index (χ3v) is 5.21. The van der Waals surface area contributed by atoms with Gasteiger partial charge in [-0.1, -0.05) is 13.8 Å². The maximum Gasteiger partial charge on any atom is 0.305 e. The maximum atomic E-state index is 12.0. The molecule has 2 saturated heterocycles. The van der Waals surface area contributed by atoms with Crippen molar-refractivity contribution in [2.45, 2.75) is 81.5 Å². The number of rotatable bonds is 9. The van der Waals surface area contributed by atoms with Crippen molar-refractivity contribution in [2.75, 3.05) is 19.8 Å². The van der Waals surface area contributed by atoms with Gasteiger partial charge in [-0.3, -0.25) is 4.79 Å². The Bertz CT molecular complexity index is 557. The van der Waals surface area contributed by atoms with Crippen LogP contribution in [0.4, 0.5) is 0 Å². The van der Waals surface area contributed by atoms with E-state index in [4.69, 9.17) is 18.9 Å². The van der Waals surface area contributed by atoms with Crippen molar-refractivity contribution in [3.8, 4) is 0 Å². The minimum atomic E-state index is -2.24. The van der Waals surface area contributed by atoms with E-state index in [1.165, 1.54) is 0 Å². The van der Waals surface area contributed by atoms with Crippen LogP contribution in [0.2, 0.25) is 0 Å². The number of aliphatic hydroxyl groups excluding tert-OH is 7. The van der Waals surface area contributed by atoms with Crippen molar-refractivity contribution in [1.29, 1.82) is 0 Å². The molecule has 2 rings (SSSR count). The predicted molar refractivity (Wildman–Crippen MR) is 96.6 cm³/mol. The Morgan fingerprint density at radius 2 is 1.60 bits per heavy atom. The fraction of sp³-hybridized carbons (Fsp3) is 0.944. The van der Waals surface area contributed by atoms with Crippen LogP contribution in [-0.2, 0) is 23.7 Å². The summed E-state index contributed by atoms with van der Waals surface area (Å²) in [6.45, 7) is 1.71. The predicted octanol–water partition coefficient (Wildman–Crippen LogP) is -3.41. The van der Waals surface area contributed by atoms with Crippen LogP contribution in [0, 0.1) is 5.92 Å². The molecular weight excluding hydrogens is 408 g/mol. The first-order valence-corrected chi connectivity index (χ1v) is 9.85. The highest BCUT2D eigenvalue weighted by molar-refractivity contribution is 5.69. The Morgan fingerprint density at radius 3 is 2.13 bits per heavy atom. The summed E-state index contributed by atoms with van der Waals surface area (Å²) >= 11 is 0. The lowest BCUT2D eigenvalue weighted by atomic mass is 9.99. The molecule has 0 saturated carbocycles. The molecule has 0 spiro atoms. The van der Waals surface area contributed by atoms with Gasteiger partial charge in [-0.15, -0.1) is 0 Å². The third-order valence-electron chi connectivity index (χ3n) is 5.21. The van der Waals surface area contributed by atoms with E-state index in [9.17, 15) is 40.5 Å². The lowest BCUT2D eigenvalue weighted by Gasteiger charge is -2.43. The van der Waals surface area contributed by atoms with Crippen LogP contribution in [0.5, 0.6) is 0 Å². The molecular formula is C18H32O12. The number of ether oxygens (including phenoxy) is 4. The molecule has 0 aromatic rings. The molecule has 0 unspecified atom stereocenters. The van der Waals surface area contributed by atoms with Gasteiger partial charge < -0.3 is 54.7 Å². The molecule has 0 aromatic heterocycles. The minimum Gasteiger partial charge on any atom is -0.460 e. The molecule has 0 bridgehead atoms. The number of hydrogen-bond acceptors (Lipinski definition) is 12. The summed E-state index contributed by atoms with van der Waals surface area (Å²) in [4.78, 5) is 12.0. The molecule has 12 heteroatoms. The fourth-order valence-electron chi connectivity index (χ4n) is 3.28. The van der Waals surface area contributed by atoms with E-state index >= 15 is 0 Å². The highest BCUT2D eigenvalue weighted by atomic mass is 16.8. The summed E-state index contributed by atoms with van der Waals surface area (Å²) in [5, 5.41) is 69.3. The first-order chi connectivity index (χ1) is 14.1. The summed E-state index contributed by atoms with van der Waals surface area (Å²) in [5.74, 6) is -2.63. The molecule has 0 aliphatic carbocycles. The largest absolute Gasteiger partial charge is 0.460 e. The van der Waals surface area contributed by atoms with Gasteiger partial charge in [0.1, 0.15) is 49.3 Å². The Kier molecular flexibility index (Phi) is 8.94. The Hall–Kier alpha value is -0.930. The van der Waals surface area contributed by atoms with Crippen molar-refractivity contribution in [1.82, 2.24) is 0 Å². The molecule has 2 aliphatic heterocycles. The normalized spacial score (nSPS) is 41.9. The van der Waals surface area contributed by atoms with Gasteiger partial charge >= 0.3 is 5.97 Å². The molecule has 0 aromatic carbocycles. The van der Waals surface area contributed by atoms with Gasteiger partial charge in [0.25, 0.3) is 0 Å². The zero-order valence-electron chi connectivity index (χ0n) is 16.9. The monoisotopic (exact) mass is 440 g/mol. The van der Waals surface area contributed by atoms with Crippen molar-refractivity contribution < 1.29 is 59.5 Å². The fourth-order valence-corrected chi connectivity index (χ4v) is 3.28. The van der Waals surface area contributed by atoms with Crippen LogP contribution in [0.1, 0.15) is 26.7 Å². The molecule has 0 amide bonds. The number of carbonyl (C=O) groups excluding carboxylic acids is 1. The lowest BCUT2D eigenvalue weighted by Crippen LogP contribution is -2.62. The Labute approximate surface area is 173 Å². The van der Waals surface area contributed by atoms with Gasteiger partial charge in [0.2, 0.25) is 5.79 Å².